The van der Waals surface area contributed by atoms with Crippen LogP contribution in [0, 0.1) is 5.41 Å². The van der Waals surface area contributed by atoms with E-state index in [1.807, 2.05) is 0 Å². The summed E-state index contributed by atoms with van der Waals surface area (Å²) < 4.78 is 11.1. The lowest BCUT2D eigenvalue weighted by Gasteiger charge is -2.28. The summed E-state index contributed by atoms with van der Waals surface area (Å²) in [5, 5.41) is 3.67. The second kappa shape index (κ2) is 4.63. The van der Waals surface area contributed by atoms with Crippen LogP contribution in [0.15, 0.2) is 0 Å². The van der Waals surface area contributed by atoms with Crippen molar-refractivity contribution in [1.82, 2.24) is 5.32 Å². The van der Waals surface area contributed by atoms with E-state index in [1.165, 1.54) is 19.3 Å². The summed E-state index contributed by atoms with van der Waals surface area (Å²) in [5.74, 6) is 0. The highest BCUT2D eigenvalue weighted by Crippen LogP contribution is 2.37. The molecule has 2 unspecified atom stereocenters. The van der Waals surface area contributed by atoms with Crippen molar-refractivity contribution in [2.45, 2.75) is 51.2 Å². The molecule has 1 aliphatic carbocycles. The molecule has 0 bridgehead atoms. The van der Waals surface area contributed by atoms with Gasteiger partial charge in [-0.2, -0.15) is 0 Å². The van der Waals surface area contributed by atoms with Gasteiger partial charge in [-0.3, -0.25) is 0 Å². The maximum Gasteiger partial charge on any atom is 0.106 e. The lowest BCUT2D eigenvalue weighted by Crippen LogP contribution is -2.46. The Hall–Kier alpha value is -0.120. The molecule has 1 saturated carbocycles. The standard InChI is InChI=1S/C13H25NO2/c1-12(2)5-4-11(8-12)14-9-13(15-3)6-7-16-10-13/h11,14H,4-10H2,1-3H3. The lowest BCUT2D eigenvalue weighted by molar-refractivity contribution is -0.0175. The maximum atomic E-state index is 5.62. The highest BCUT2D eigenvalue weighted by Gasteiger charge is 2.37. The molecule has 3 heteroatoms. The van der Waals surface area contributed by atoms with Crippen molar-refractivity contribution >= 4 is 0 Å². The summed E-state index contributed by atoms with van der Waals surface area (Å²) in [6.07, 6.45) is 4.94. The fourth-order valence-electron chi connectivity index (χ4n) is 2.90. The van der Waals surface area contributed by atoms with Gasteiger partial charge in [0.15, 0.2) is 0 Å². The van der Waals surface area contributed by atoms with Gasteiger partial charge in [0.25, 0.3) is 0 Å². The Balaban J connectivity index is 1.79. The Morgan fingerprint density at radius 1 is 1.38 bits per heavy atom. The molecule has 1 saturated heterocycles. The molecule has 0 aromatic carbocycles. The molecule has 0 amide bonds. The summed E-state index contributed by atoms with van der Waals surface area (Å²) >= 11 is 0. The molecule has 3 nitrogen and oxygen atoms in total. The van der Waals surface area contributed by atoms with Crippen LogP contribution in [0.4, 0.5) is 0 Å². The van der Waals surface area contributed by atoms with Crippen LogP contribution < -0.4 is 5.32 Å². The third-order valence-corrected chi connectivity index (χ3v) is 4.18. The third-order valence-electron chi connectivity index (χ3n) is 4.18. The normalized spacial score (nSPS) is 38.1. The fraction of sp³-hybridized carbons (Fsp3) is 1.00. The predicted octanol–water partition coefficient (Wildman–Crippen LogP) is 1.96. The Morgan fingerprint density at radius 3 is 2.69 bits per heavy atom. The first-order chi connectivity index (χ1) is 7.55. The molecular formula is C13H25NO2. The maximum absolute atomic E-state index is 5.62. The zero-order valence-electron chi connectivity index (χ0n) is 10.8. The van der Waals surface area contributed by atoms with Crippen LogP contribution in [0.1, 0.15) is 39.5 Å². The van der Waals surface area contributed by atoms with Crippen molar-refractivity contribution in [3.05, 3.63) is 0 Å². The topological polar surface area (TPSA) is 30.5 Å². The van der Waals surface area contributed by atoms with Crippen LogP contribution >= 0.6 is 0 Å². The second-order valence-electron chi connectivity index (χ2n) is 6.17. The van der Waals surface area contributed by atoms with Crippen molar-refractivity contribution in [1.29, 1.82) is 0 Å². The summed E-state index contributed by atoms with van der Waals surface area (Å²) in [5.41, 5.74) is 0.455. The van der Waals surface area contributed by atoms with Crippen molar-refractivity contribution < 1.29 is 9.47 Å². The van der Waals surface area contributed by atoms with E-state index in [1.54, 1.807) is 7.11 Å². The van der Waals surface area contributed by atoms with Gasteiger partial charge < -0.3 is 14.8 Å². The van der Waals surface area contributed by atoms with Crippen LogP contribution in [0.25, 0.3) is 0 Å². The van der Waals surface area contributed by atoms with Gasteiger partial charge in [0.05, 0.1) is 6.61 Å². The molecule has 2 fully saturated rings. The lowest BCUT2D eigenvalue weighted by atomic mass is 9.91. The van der Waals surface area contributed by atoms with E-state index in [4.69, 9.17) is 9.47 Å². The first-order valence-electron chi connectivity index (χ1n) is 6.42. The van der Waals surface area contributed by atoms with Crippen LogP contribution in [0.3, 0.4) is 0 Å². The molecule has 2 atom stereocenters. The Kier molecular flexibility index (Phi) is 3.57. The minimum atomic E-state index is -0.0628. The highest BCUT2D eigenvalue weighted by atomic mass is 16.5. The largest absolute Gasteiger partial charge is 0.378 e. The molecule has 0 spiro atoms. The Bertz CT molecular complexity index is 234. The SMILES string of the molecule is COC1(CNC2CCC(C)(C)C2)CCOC1. The average molecular weight is 227 g/mol. The number of hydrogen-bond acceptors (Lipinski definition) is 3. The van der Waals surface area contributed by atoms with E-state index in [-0.39, 0.29) is 5.60 Å². The predicted molar refractivity (Wildman–Crippen MR) is 64.6 cm³/mol. The van der Waals surface area contributed by atoms with Gasteiger partial charge in [0, 0.05) is 32.7 Å². The van der Waals surface area contributed by atoms with Gasteiger partial charge in [-0.05, 0) is 24.7 Å². The zero-order chi connectivity index (χ0) is 11.6. The van der Waals surface area contributed by atoms with E-state index in [0.717, 1.165) is 26.2 Å². The first-order valence-corrected chi connectivity index (χ1v) is 6.42. The molecule has 0 aromatic rings. The number of ether oxygens (including phenoxy) is 2. The van der Waals surface area contributed by atoms with Gasteiger partial charge in [0.1, 0.15) is 5.60 Å². The summed E-state index contributed by atoms with van der Waals surface area (Å²) in [7, 11) is 1.80. The molecular weight excluding hydrogens is 202 g/mol. The third kappa shape index (κ3) is 2.76. The first kappa shape index (κ1) is 12.3. The molecule has 2 rings (SSSR count). The monoisotopic (exact) mass is 227 g/mol. The van der Waals surface area contributed by atoms with Crippen molar-refractivity contribution in [3.8, 4) is 0 Å². The van der Waals surface area contributed by atoms with Crippen LogP contribution in [0.5, 0.6) is 0 Å². The van der Waals surface area contributed by atoms with E-state index >= 15 is 0 Å². The number of hydrogen-bond donors (Lipinski definition) is 1. The molecule has 1 aliphatic heterocycles. The number of nitrogens with one attached hydrogen (secondary N) is 1. The van der Waals surface area contributed by atoms with Gasteiger partial charge in [-0.15, -0.1) is 0 Å². The van der Waals surface area contributed by atoms with E-state index in [9.17, 15) is 0 Å². The summed E-state index contributed by atoms with van der Waals surface area (Å²) in [6.45, 7) is 7.24. The van der Waals surface area contributed by atoms with Gasteiger partial charge in [-0.25, -0.2) is 0 Å². The molecule has 16 heavy (non-hydrogen) atoms. The molecule has 1 heterocycles. The van der Waals surface area contributed by atoms with Crippen LogP contribution in [-0.2, 0) is 9.47 Å². The zero-order valence-corrected chi connectivity index (χ0v) is 10.8. The molecule has 0 aromatic heterocycles. The number of rotatable bonds is 4. The Morgan fingerprint density at radius 2 is 2.19 bits per heavy atom. The van der Waals surface area contributed by atoms with Crippen molar-refractivity contribution in [3.63, 3.8) is 0 Å². The van der Waals surface area contributed by atoms with Crippen LogP contribution in [-0.4, -0.2) is 38.5 Å². The molecule has 2 aliphatic rings. The fourth-order valence-corrected chi connectivity index (χ4v) is 2.90. The Labute approximate surface area is 98.9 Å². The van der Waals surface area contributed by atoms with Crippen molar-refractivity contribution in [2.24, 2.45) is 5.41 Å². The molecule has 1 N–H and O–H groups in total. The average Bonchev–Trinajstić information content (AvgIpc) is 2.83. The second-order valence-corrected chi connectivity index (χ2v) is 6.17. The quantitative estimate of drug-likeness (QED) is 0.796. The van der Waals surface area contributed by atoms with E-state index in [2.05, 4.69) is 19.2 Å². The highest BCUT2D eigenvalue weighted by molar-refractivity contribution is 4.92. The van der Waals surface area contributed by atoms with E-state index in [0.29, 0.717) is 11.5 Å². The van der Waals surface area contributed by atoms with Gasteiger partial charge in [0.2, 0.25) is 0 Å². The minimum absolute atomic E-state index is 0.0628. The molecule has 94 valence electrons. The summed E-state index contributed by atoms with van der Waals surface area (Å²) in [4.78, 5) is 0. The number of methoxy groups -OCH3 is 1. The summed E-state index contributed by atoms with van der Waals surface area (Å²) in [6, 6.07) is 0.669. The minimum Gasteiger partial charge on any atom is -0.378 e. The molecule has 0 radical (unpaired) electrons. The smallest absolute Gasteiger partial charge is 0.106 e. The van der Waals surface area contributed by atoms with Crippen LogP contribution in [0.2, 0.25) is 0 Å². The van der Waals surface area contributed by atoms with Crippen molar-refractivity contribution in [2.75, 3.05) is 26.9 Å². The van der Waals surface area contributed by atoms with Gasteiger partial charge >= 0.3 is 0 Å². The van der Waals surface area contributed by atoms with Gasteiger partial charge in [-0.1, -0.05) is 13.8 Å². The van der Waals surface area contributed by atoms with E-state index < -0.39 is 0 Å².